The van der Waals surface area contributed by atoms with Crippen LogP contribution < -0.4 is 15.7 Å². The third kappa shape index (κ3) is 5.07. The molecule has 29 heavy (non-hydrogen) atoms. The Labute approximate surface area is 169 Å². The highest BCUT2D eigenvalue weighted by atomic mass is 19.1. The average molecular weight is 399 g/mol. The van der Waals surface area contributed by atoms with Crippen molar-refractivity contribution in [3.63, 3.8) is 0 Å². The first-order valence-corrected chi connectivity index (χ1v) is 10.1. The summed E-state index contributed by atoms with van der Waals surface area (Å²) in [4.78, 5) is 22.1. The van der Waals surface area contributed by atoms with Gasteiger partial charge >= 0.3 is 0 Å². The number of benzene rings is 1. The molecule has 0 radical (unpaired) electrons. The first-order chi connectivity index (χ1) is 14.1. The SMILES string of the molecule is O=C(Cc1cnc(N2CCC(CN[C@@H]3C[C@H]3c3ccc(F)cc3)CC2)nc1)NO. The topological polar surface area (TPSA) is 90.4 Å². The third-order valence-corrected chi connectivity index (χ3v) is 5.84. The lowest BCUT2D eigenvalue weighted by Crippen LogP contribution is -2.38. The van der Waals surface area contributed by atoms with Crippen molar-refractivity contribution in [3.05, 3.63) is 53.6 Å². The maximum absolute atomic E-state index is 13.0. The van der Waals surface area contributed by atoms with Crippen molar-refractivity contribution < 1.29 is 14.4 Å². The van der Waals surface area contributed by atoms with Crippen molar-refractivity contribution in [1.82, 2.24) is 20.8 Å². The van der Waals surface area contributed by atoms with Crippen molar-refractivity contribution in [1.29, 1.82) is 0 Å². The Morgan fingerprint density at radius 1 is 1.17 bits per heavy atom. The average Bonchev–Trinajstić information content (AvgIpc) is 3.53. The van der Waals surface area contributed by atoms with Gasteiger partial charge in [0, 0.05) is 37.4 Å². The van der Waals surface area contributed by atoms with Gasteiger partial charge in [0.25, 0.3) is 0 Å². The van der Waals surface area contributed by atoms with Crippen LogP contribution in [0.1, 0.15) is 36.3 Å². The second-order valence-electron chi connectivity index (χ2n) is 7.94. The summed E-state index contributed by atoms with van der Waals surface area (Å²) >= 11 is 0. The van der Waals surface area contributed by atoms with E-state index >= 15 is 0 Å². The lowest BCUT2D eigenvalue weighted by molar-refractivity contribution is -0.128. The number of carbonyl (C=O) groups excluding carboxylic acids is 1. The molecule has 2 heterocycles. The summed E-state index contributed by atoms with van der Waals surface area (Å²) < 4.78 is 13.0. The number of nitrogens with one attached hydrogen (secondary N) is 2. The van der Waals surface area contributed by atoms with Crippen LogP contribution in [0.25, 0.3) is 0 Å². The van der Waals surface area contributed by atoms with Gasteiger partial charge in [-0.2, -0.15) is 0 Å². The molecule has 1 saturated carbocycles. The van der Waals surface area contributed by atoms with Gasteiger partial charge in [-0.05, 0) is 55.0 Å². The van der Waals surface area contributed by atoms with Crippen LogP contribution in [-0.2, 0) is 11.2 Å². The minimum Gasteiger partial charge on any atom is -0.341 e. The van der Waals surface area contributed by atoms with Crippen LogP contribution >= 0.6 is 0 Å². The first kappa shape index (κ1) is 19.7. The van der Waals surface area contributed by atoms with Gasteiger partial charge in [0.05, 0.1) is 6.42 Å². The number of carbonyl (C=O) groups is 1. The summed E-state index contributed by atoms with van der Waals surface area (Å²) in [6.07, 6.45) is 6.61. The fourth-order valence-corrected chi connectivity index (χ4v) is 3.98. The molecular weight excluding hydrogens is 373 g/mol. The fraction of sp³-hybridized carbons (Fsp3) is 0.476. The lowest BCUT2D eigenvalue weighted by Gasteiger charge is -2.32. The van der Waals surface area contributed by atoms with Crippen LogP contribution in [0, 0.1) is 11.7 Å². The van der Waals surface area contributed by atoms with E-state index in [1.807, 2.05) is 12.1 Å². The van der Waals surface area contributed by atoms with Crippen LogP contribution in [0.4, 0.5) is 10.3 Å². The summed E-state index contributed by atoms with van der Waals surface area (Å²) in [5.74, 6) is 1.17. The van der Waals surface area contributed by atoms with E-state index < -0.39 is 5.91 Å². The van der Waals surface area contributed by atoms with Crippen molar-refractivity contribution in [2.75, 3.05) is 24.5 Å². The summed E-state index contributed by atoms with van der Waals surface area (Å²) in [5.41, 5.74) is 3.49. The maximum atomic E-state index is 13.0. The summed E-state index contributed by atoms with van der Waals surface area (Å²) in [7, 11) is 0. The molecule has 1 aliphatic heterocycles. The summed E-state index contributed by atoms with van der Waals surface area (Å²) in [5, 5.41) is 12.2. The Hall–Kier alpha value is -2.58. The van der Waals surface area contributed by atoms with Crippen LogP contribution in [-0.4, -0.2) is 46.8 Å². The van der Waals surface area contributed by atoms with Gasteiger partial charge < -0.3 is 10.2 Å². The number of hydrogen-bond donors (Lipinski definition) is 3. The van der Waals surface area contributed by atoms with Gasteiger partial charge in [-0.1, -0.05) is 12.1 Å². The van der Waals surface area contributed by atoms with Crippen molar-refractivity contribution >= 4 is 11.9 Å². The first-order valence-electron chi connectivity index (χ1n) is 10.1. The van der Waals surface area contributed by atoms with Crippen LogP contribution in [0.5, 0.6) is 0 Å². The summed E-state index contributed by atoms with van der Waals surface area (Å²) in [6, 6.07) is 7.36. The largest absolute Gasteiger partial charge is 0.341 e. The molecule has 4 rings (SSSR count). The standard InChI is InChI=1S/C21H26FN5O2/c22-17-3-1-16(2-4-17)18-10-19(18)23-11-14-5-7-27(8-6-14)21-24-12-15(13-25-21)9-20(28)26-29/h1-4,12-14,18-19,23,29H,5-11H2,(H,26,28)/t18-,19+/m0/s1. The minimum absolute atomic E-state index is 0.0601. The maximum Gasteiger partial charge on any atom is 0.247 e. The quantitative estimate of drug-likeness (QED) is 0.488. The molecular formula is C21H26FN5O2. The van der Waals surface area contributed by atoms with Gasteiger partial charge in [0.2, 0.25) is 11.9 Å². The predicted octanol–water partition coefficient (Wildman–Crippen LogP) is 2.03. The van der Waals surface area contributed by atoms with E-state index in [0.29, 0.717) is 29.4 Å². The molecule has 7 nitrogen and oxygen atoms in total. The number of rotatable bonds is 7. The molecule has 2 fully saturated rings. The number of nitrogens with zero attached hydrogens (tertiary/aromatic N) is 3. The Morgan fingerprint density at radius 3 is 2.52 bits per heavy atom. The highest BCUT2D eigenvalue weighted by Gasteiger charge is 2.38. The van der Waals surface area contributed by atoms with E-state index in [9.17, 15) is 9.18 Å². The molecule has 0 unspecified atom stereocenters. The van der Waals surface area contributed by atoms with Crippen LogP contribution in [0.15, 0.2) is 36.7 Å². The van der Waals surface area contributed by atoms with E-state index in [1.165, 1.54) is 17.7 Å². The zero-order chi connectivity index (χ0) is 20.2. The van der Waals surface area contributed by atoms with Crippen molar-refractivity contribution in [3.8, 4) is 0 Å². The van der Waals surface area contributed by atoms with Gasteiger partial charge in [0.15, 0.2) is 0 Å². The van der Waals surface area contributed by atoms with E-state index in [4.69, 9.17) is 5.21 Å². The molecule has 3 N–H and O–H groups in total. The molecule has 8 heteroatoms. The molecule has 1 saturated heterocycles. The Balaban J connectivity index is 1.19. The highest BCUT2D eigenvalue weighted by molar-refractivity contribution is 5.77. The van der Waals surface area contributed by atoms with Gasteiger partial charge in [0.1, 0.15) is 5.82 Å². The number of aromatic nitrogens is 2. The second-order valence-corrected chi connectivity index (χ2v) is 7.94. The van der Waals surface area contributed by atoms with Crippen LogP contribution in [0.3, 0.4) is 0 Å². The van der Waals surface area contributed by atoms with Crippen LogP contribution in [0.2, 0.25) is 0 Å². The molecule has 154 valence electrons. The van der Waals surface area contributed by atoms with Gasteiger partial charge in [-0.25, -0.2) is 19.8 Å². The van der Waals surface area contributed by atoms with E-state index in [2.05, 4.69) is 20.2 Å². The third-order valence-electron chi connectivity index (χ3n) is 5.84. The number of piperidine rings is 1. The molecule has 0 spiro atoms. The molecule has 0 bridgehead atoms. The molecule has 1 aliphatic carbocycles. The number of anilines is 1. The molecule has 1 aromatic heterocycles. The molecule has 1 aromatic carbocycles. The van der Waals surface area contributed by atoms with E-state index in [1.54, 1.807) is 17.9 Å². The second kappa shape index (κ2) is 8.84. The normalized spacial score (nSPS) is 21.8. The number of halogens is 1. The monoisotopic (exact) mass is 399 g/mol. The zero-order valence-electron chi connectivity index (χ0n) is 16.2. The Kier molecular flexibility index (Phi) is 6.01. The molecule has 1 amide bonds. The van der Waals surface area contributed by atoms with Crippen molar-refractivity contribution in [2.24, 2.45) is 5.92 Å². The number of hydroxylamine groups is 1. The lowest BCUT2D eigenvalue weighted by atomic mass is 9.97. The number of hydrogen-bond acceptors (Lipinski definition) is 6. The van der Waals surface area contributed by atoms with Gasteiger partial charge in [-0.3, -0.25) is 10.0 Å². The highest BCUT2D eigenvalue weighted by Crippen LogP contribution is 2.41. The van der Waals surface area contributed by atoms with Gasteiger partial charge in [-0.15, -0.1) is 0 Å². The molecule has 2 atom stereocenters. The Bertz CT molecular complexity index is 822. The zero-order valence-corrected chi connectivity index (χ0v) is 16.2. The summed E-state index contributed by atoms with van der Waals surface area (Å²) in [6.45, 7) is 2.83. The number of amides is 1. The Morgan fingerprint density at radius 2 is 1.86 bits per heavy atom. The fourth-order valence-electron chi connectivity index (χ4n) is 3.98. The minimum atomic E-state index is -0.480. The molecule has 2 aliphatic rings. The molecule has 2 aromatic rings. The van der Waals surface area contributed by atoms with Crippen molar-refractivity contribution in [2.45, 2.75) is 37.6 Å². The predicted molar refractivity (Wildman–Crippen MR) is 106 cm³/mol. The smallest absolute Gasteiger partial charge is 0.247 e. The van der Waals surface area contributed by atoms with E-state index in [0.717, 1.165) is 38.9 Å². The van der Waals surface area contributed by atoms with E-state index in [-0.39, 0.29) is 12.2 Å².